The Kier molecular flexibility index (Phi) is 5.83. The van der Waals surface area contributed by atoms with E-state index in [1.807, 2.05) is 17.4 Å². The number of fused-ring (bicyclic) bond motifs is 11. The van der Waals surface area contributed by atoms with Crippen LogP contribution < -0.4 is 4.90 Å². The molecule has 0 aliphatic heterocycles. The number of furan rings is 1. The Balaban J connectivity index is 1.21. The van der Waals surface area contributed by atoms with Crippen LogP contribution in [0.25, 0.3) is 80.4 Å². The van der Waals surface area contributed by atoms with Crippen molar-refractivity contribution in [1.29, 1.82) is 0 Å². The highest BCUT2D eigenvalue weighted by Gasteiger charge is 2.22. The maximum Gasteiger partial charge on any atom is 0.159 e. The molecule has 3 heterocycles. The molecule has 11 aromatic rings. The predicted octanol–water partition coefficient (Wildman–Crippen LogP) is 13.7. The van der Waals surface area contributed by atoms with Crippen LogP contribution in [0.1, 0.15) is 0 Å². The fraction of sp³-hybridized carbons (Fsp3) is 0. The van der Waals surface area contributed by atoms with Gasteiger partial charge >= 0.3 is 0 Å². The third kappa shape index (κ3) is 3.97. The third-order valence-corrected chi connectivity index (χ3v) is 11.4. The Bertz CT molecular complexity index is 3110. The molecule has 3 nitrogen and oxygen atoms in total. The van der Waals surface area contributed by atoms with Crippen LogP contribution in [0.15, 0.2) is 174 Å². The van der Waals surface area contributed by atoms with E-state index < -0.39 is 0 Å². The predicted molar refractivity (Wildman–Crippen MR) is 213 cm³/mol. The Morgan fingerprint density at radius 1 is 0.460 bits per heavy atom. The van der Waals surface area contributed by atoms with Crippen LogP contribution in [0.2, 0.25) is 0 Å². The minimum Gasteiger partial charge on any atom is -0.454 e. The van der Waals surface area contributed by atoms with E-state index in [1.54, 1.807) is 0 Å². The summed E-state index contributed by atoms with van der Waals surface area (Å²) >= 11 is 1.87. The molecule has 0 unspecified atom stereocenters. The first kappa shape index (κ1) is 27.6. The summed E-state index contributed by atoms with van der Waals surface area (Å²) in [6.07, 6.45) is 0. The molecular weight excluding hydrogens is 629 g/mol. The van der Waals surface area contributed by atoms with Crippen molar-refractivity contribution in [3.8, 4) is 5.69 Å². The van der Waals surface area contributed by atoms with E-state index in [0.29, 0.717) is 0 Å². The SMILES string of the molecule is c1ccc(-n2c3ccccc3c3cc(N(c4ccc5ccc6c7ccccc7sc6c5c4)c4cccc5c4oc4ccccc45)ccc32)cc1. The molecule has 0 atom stereocenters. The molecule has 0 amide bonds. The van der Waals surface area contributed by atoms with Crippen molar-refractivity contribution in [1.82, 2.24) is 4.57 Å². The highest BCUT2D eigenvalue weighted by atomic mass is 32.1. The lowest BCUT2D eigenvalue weighted by Crippen LogP contribution is -2.10. The van der Waals surface area contributed by atoms with E-state index in [9.17, 15) is 0 Å². The van der Waals surface area contributed by atoms with Gasteiger partial charge in [0.1, 0.15) is 5.58 Å². The summed E-state index contributed by atoms with van der Waals surface area (Å²) in [6, 6.07) is 61.2. The smallest absolute Gasteiger partial charge is 0.159 e. The fourth-order valence-corrected chi connectivity index (χ4v) is 9.15. The van der Waals surface area contributed by atoms with Crippen LogP contribution in [0, 0.1) is 0 Å². The Morgan fingerprint density at radius 3 is 2.04 bits per heavy atom. The van der Waals surface area contributed by atoms with Crippen LogP contribution in [-0.4, -0.2) is 4.57 Å². The van der Waals surface area contributed by atoms with Gasteiger partial charge in [-0.25, -0.2) is 0 Å². The first-order valence-electron chi connectivity index (χ1n) is 16.9. The van der Waals surface area contributed by atoms with Crippen molar-refractivity contribution < 1.29 is 4.42 Å². The van der Waals surface area contributed by atoms with Gasteiger partial charge in [0.15, 0.2) is 5.58 Å². The van der Waals surface area contributed by atoms with E-state index in [2.05, 4.69) is 173 Å². The first-order chi connectivity index (χ1) is 24.8. The molecule has 8 aromatic carbocycles. The number of hydrogen-bond acceptors (Lipinski definition) is 3. The number of nitrogens with zero attached hydrogens (tertiary/aromatic N) is 2. The molecule has 3 aromatic heterocycles. The Hall–Kier alpha value is -6.36. The quantitative estimate of drug-likeness (QED) is 0.188. The van der Waals surface area contributed by atoms with E-state index in [-0.39, 0.29) is 0 Å². The van der Waals surface area contributed by atoms with Gasteiger partial charge in [0, 0.05) is 64.2 Å². The number of para-hydroxylation sites is 4. The summed E-state index contributed by atoms with van der Waals surface area (Å²) in [4.78, 5) is 2.38. The minimum atomic E-state index is 0.876. The van der Waals surface area contributed by atoms with Gasteiger partial charge in [-0.15, -0.1) is 11.3 Å². The summed E-state index contributed by atoms with van der Waals surface area (Å²) in [5.74, 6) is 0. The van der Waals surface area contributed by atoms with Gasteiger partial charge in [0.2, 0.25) is 0 Å². The number of aromatic nitrogens is 1. The summed E-state index contributed by atoms with van der Waals surface area (Å²) in [5, 5.41) is 9.76. The summed E-state index contributed by atoms with van der Waals surface area (Å²) < 4.78 is 11.7. The minimum absolute atomic E-state index is 0.876. The summed E-state index contributed by atoms with van der Waals surface area (Å²) in [5.41, 5.74) is 8.45. The largest absolute Gasteiger partial charge is 0.454 e. The van der Waals surface area contributed by atoms with Crippen molar-refractivity contribution in [3.05, 3.63) is 170 Å². The second kappa shape index (κ2) is 10.6. The lowest BCUT2D eigenvalue weighted by molar-refractivity contribution is 0.669. The molecule has 0 aliphatic rings. The second-order valence-electron chi connectivity index (χ2n) is 12.9. The lowest BCUT2D eigenvalue weighted by atomic mass is 10.0. The van der Waals surface area contributed by atoms with Gasteiger partial charge in [0.05, 0.1) is 16.7 Å². The molecule has 0 saturated carbocycles. The molecule has 0 spiro atoms. The Labute approximate surface area is 291 Å². The zero-order chi connectivity index (χ0) is 32.8. The van der Waals surface area contributed by atoms with Crippen molar-refractivity contribution >= 4 is 103 Å². The van der Waals surface area contributed by atoms with Gasteiger partial charge in [-0.2, -0.15) is 0 Å². The van der Waals surface area contributed by atoms with E-state index in [1.165, 1.54) is 52.8 Å². The average Bonchev–Trinajstić information content (AvgIpc) is 3.85. The highest BCUT2D eigenvalue weighted by molar-refractivity contribution is 7.26. The fourth-order valence-electron chi connectivity index (χ4n) is 7.92. The molecule has 234 valence electrons. The number of thiophene rings is 1. The lowest BCUT2D eigenvalue weighted by Gasteiger charge is -2.26. The maximum absolute atomic E-state index is 6.68. The van der Waals surface area contributed by atoms with Crippen LogP contribution in [-0.2, 0) is 0 Å². The third-order valence-electron chi connectivity index (χ3n) is 10.2. The molecule has 0 radical (unpaired) electrons. The molecule has 4 heteroatoms. The van der Waals surface area contributed by atoms with E-state index in [0.717, 1.165) is 44.7 Å². The topological polar surface area (TPSA) is 21.3 Å². The second-order valence-corrected chi connectivity index (χ2v) is 14.0. The molecule has 0 N–H and O–H groups in total. The average molecular weight is 657 g/mol. The van der Waals surface area contributed by atoms with Gasteiger partial charge in [-0.1, -0.05) is 103 Å². The van der Waals surface area contributed by atoms with Crippen molar-refractivity contribution in [2.45, 2.75) is 0 Å². The first-order valence-corrected chi connectivity index (χ1v) is 17.7. The molecular formula is C46H28N2OS. The number of anilines is 3. The maximum atomic E-state index is 6.68. The molecule has 0 fully saturated rings. The molecule has 11 rings (SSSR count). The standard InChI is InChI=1S/C46H28N2OS/c1-2-11-30(12-3-1)48-40-17-7-4-13-33(40)39-28-32(24-26-41(39)48)47(42-18-10-16-36-34-14-5-8-19-43(34)49-45(36)42)31-23-21-29-22-25-37-35-15-6-9-20-44(35)50-46(37)38(29)27-31/h1-28H. The monoisotopic (exact) mass is 656 g/mol. The van der Waals surface area contributed by atoms with Crippen LogP contribution in [0.4, 0.5) is 17.1 Å². The zero-order valence-electron chi connectivity index (χ0n) is 26.9. The van der Waals surface area contributed by atoms with Crippen LogP contribution in [0.5, 0.6) is 0 Å². The molecule has 50 heavy (non-hydrogen) atoms. The number of benzene rings is 8. The van der Waals surface area contributed by atoms with Crippen LogP contribution >= 0.6 is 11.3 Å². The normalized spacial score (nSPS) is 12.0. The Morgan fingerprint density at radius 2 is 1.14 bits per heavy atom. The van der Waals surface area contributed by atoms with Gasteiger partial charge in [0.25, 0.3) is 0 Å². The van der Waals surface area contributed by atoms with Crippen molar-refractivity contribution in [3.63, 3.8) is 0 Å². The van der Waals surface area contributed by atoms with E-state index in [4.69, 9.17) is 4.42 Å². The van der Waals surface area contributed by atoms with Crippen LogP contribution in [0.3, 0.4) is 0 Å². The van der Waals surface area contributed by atoms with Crippen molar-refractivity contribution in [2.75, 3.05) is 4.90 Å². The number of hydrogen-bond donors (Lipinski definition) is 0. The van der Waals surface area contributed by atoms with Gasteiger partial charge in [-0.3, -0.25) is 0 Å². The molecule has 0 saturated heterocycles. The summed E-state index contributed by atoms with van der Waals surface area (Å²) in [6.45, 7) is 0. The zero-order valence-corrected chi connectivity index (χ0v) is 27.7. The van der Waals surface area contributed by atoms with Gasteiger partial charge < -0.3 is 13.9 Å². The highest BCUT2D eigenvalue weighted by Crippen LogP contribution is 2.46. The van der Waals surface area contributed by atoms with Crippen molar-refractivity contribution in [2.24, 2.45) is 0 Å². The number of rotatable bonds is 4. The molecule has 0 aliphatic carbocycles. The molecule has 0 bridgehead atoms. The van der Waals surface area contributed by atoms with E-state index >= 15 is 0 Å². The summed E-state index contributed by atoms with van der Waals surface area (Å²) in [7, 11) is 0. The van der Waals surface area contributed by atoms with Gasteiger partial charge in [-0.05, 0) is 72.1 Å².